The van der Waals surface area contributed by atoms with Gasteiger partial charge in [0.1, 0.15) is 28.8 Å². The van der Waals surface area contributed by atoms with E-state index in [9.17, 15) is 15.0 Å². The maximum absolute atomic E-state index is 11.8. The van der Waals surface area contributed by atoms with Gasteiger partial charge in [0.25, 0.3) is 0 Å². The van der Waals surface area contributed by atoms with Gasteiger partial charge in [0.05, 0.1) is 5.39 Å². The van der Waals surface area contributed by atoms with E-state index in [0.29, 0.717) is 18.2 Å². The van der Waals surface area contributed by atoms with E-state index < -0.39 is 12.0 Å². The molecule has 1 aliphatic carbocycles. The molecule has 0 spiro atoms. The van der Waals surface area contributed by atoms with Gasteiger partial charge in [0.2, 0.25) is 0 Å². The van der Waals surface area contributed by atoms with E-state index in [1.54, 1.807) is 35.6 Å². The molecule has 0 bridgehead atoms. The van der Waals surface area contributed by atoms with Crippen LogP contribution in [0, 0.1) is 5.92 Å². The van der Waals surface area contributed by atoms with Gasteiger partial charge in [0, 0.05) is 11.3 Å². The normalized spacial score (nSPS) is 17.4. The van der Waals surface area contributed by atoms with Gasteiger partial charge in [-0.25, -0.2) is 14.8 Å². The third kappa shape index (κ3) is 3.60. The van der Waals surface area contributed by atoms with E-state index in [1.165, 1.54) is 16.8 Å². The van der Waals surface area contributed by atoms with E-state index in [0.717, 1.165) is 35.0 Å². The maximum atomic E-state index is 11.8. The summed E-state index contributed by atoms with van der Waals surface area (Å²) in [6.07, 6.45) is 4.95. The molecule has 2 aromatic heterocycles. The number of phenols is 1. The van der Waals surface area contributed by atoms with Gasteiger partial charge in [-0.2, -0.15) is 0 Å². The summed E-state index contributed by atoms with van der Waals surface area (Å²) in [4.78, 5) is 22.9. The number of fused-ring (bicyclic) bond motifs is 3. The highest BCUT2D eigenvalue weighted by atomic mass is 32.1. The molecule has 6 nitrogen and oxygen atoms in total. The second-order valence-electron chi connectivity index (χ2n) is 7.16. The minimum atomic E-state index is -0.937. The van der Waals surface area contributed by atoms with Crippen LogP contribution in [0.1, 0.15) is 29.3 Å². The molecule has 0 amide bonds. The first kappa shape index (κ1) is 17.7. The molecular formula is C20H21N3O3S. The van der Waals surface area contributed by atoms with E-state index in [-0.39, 0.29) is 5.75 Å². The Morgan fingerprint density at radius 2 is 2.11 bits per heavy atom. The van der Waals surface area contributed by atoms with Crippen molar-refractivity contribution in [1.29, 1.82) is 0 Å². The van der Waals surface area contributed by atoms with E-state index in [4.69, 9.17) is 0 Å². The zero-order chi connectivity index (χ0) is 19.0. The van der Waals surface area contributed by atoms with Crippen LogP contribution in [0.2, 0.25) is 0 Å². The number of anilines is 1. The fourth-order valence-electron chi connectivity index (χ4n) is 3.62. The molecule has 0 saturated heterocycles. The number of rotatable bonds is 5. The summed E-state index contributed by atoms with van der Waals surface area (Å²) in [6.45, 7) is 2.26. The molecule has 0 aliphatic heterocycles. The molecule has 1 aromatic carbocycles. The lowest BCUT2D eigenvalue weighted by atomic mass is 9.89. The summed E-state index contributed by atoms with van der Waals surface area (Å²) in [5.74, 6) is 0.484. The Bertz CT molecular complexity index is 984. The molecule has 1 aliphatic rings. The van der Waals surface area contributed by atoms with Crippen molar-refractivity contribution in [2.45, 2.75) is 38.6 Å². The van der Waals surface area contributed by atoms with Crippen LogP contribution in [0.15, 0.2) is 30.6 Å². The number of aryl methyl sites for hydroxylation is 1. The SMILES string of the molecule is CC1CCc2c(sc3ncnc(NC(Cc4ccc(O)cc4)C(=O)O)c23)C1. The maximum Gasteiger partial charge on any atom is 0.326 e. The fourth-order valence-corrected chi connectivity index (χ4v) is 4.97. The Morgan fingerprint density at radius 3 is 2.85 bits per heavy atom. The van der Waals surface area contributed by atoms with Crippen LogP contribution in [0.3, 0.4) is 0 Å². The van der Waals surface area contributed by atoms with Gasteiger partial charge in [-0.1, -0.05) is 19.1 Å². The summed E-state index contributed by atoms with van der Waals surface area (Å²) >= 11 is 1.69. The van der Waals surface area contributed by atoms with Crippen molar-refractivity contribution < 1.29 is 15.0 Å². The average molecular weight is 383 g/mol. The first-order chi connectivity index (χ1) is 13.0. The number of carboxylic acid groups (broad SMARTS) is 1. The number of phenolic OH excluding ortho intramolecular Hbond substituents is 1. The van der Waals surface area contributed by atoms with Crippen molar-refractivity contribution in [3.05, 3.63) is 46.6 Å². The van der Waals surface area contributed by atoms with Crippen LogP contribution in [-0.2, 0) is 24.1 Å². The smallest absolute Gasteiger partial charge is 0.326 e. The summed E-state index contributed by atoms with van der Waals surface area (Å²) in [6, 6.07) is 5.78. The zero-order valence-electron chi connectivity index (χ0n) is 15.0. The standard InChI is InChI=1S/C20H21N3O3S/c1-11-2-7-14-16(8-11)27-19-17(14)18(21-10-22-19)23-15(20(25)26)9-12-3-5-13(24)6-4-12/h3-6,10-11,15,24H,2,7-9H2,1H3,(H,25,26)(H,21,22,23). The van der Waals surface area contributed by atoms with Crippen molar-refractivity contribution in [3.8, 4) is 5.75 Å². The van der Waals surface area contributed by atoms with Gasteiger partial charge in [-0.3, -0.25) is 0 Å². The topological polar surface area (TPSA) is 95.3 Å². The lowest BCUT2D eigenvalue weighted by Crippen LogP contribution is -2.32. The van der Waals surface area contributed by atoms with E-state index >= 15 is 0 Å². The van der Waals surface area contributed by atoms with Crippen LogP contribution in [0.5, 0.6) is 5.75 Å². The first-order valence-corrected chi connectivity index (χ1v) is 9.85. The van der Waals surface area contributed by atoms with Gasteiger partial charge in [-0.05, 0) is 48.4 Å². The van der Waals surface area contributed by atoms with Gasteiger partial charge in [-0.15, -0.1) is 11.3 Å². The number of aromatic hydroxyl groups is 1. The molecule has 4 rings (SSSR count). The fraction of sp³-hybridized carbons (Fsp3) is 0.350. The Hall–Kier alpha value is -2.67. The van der Waals surface area contributed by atoms with Gasteiger partial charge >= 0.3 is 5.97 Å². The molecule has 0 radical (unpaired) electrons. The molecule has 0 fully saturated rings. The molecule has 140 valence electrons. The van der Waals surface area contributed by atoms with Crippen molar-refractivity contribution >= 4 is 33.3 Å². The minimum Gasteiger partial charge on any atom is -0.508 e. The minimum absolute atomic E-state index is 0.162. The van der Waals surface area contributed by atoms with Gasteiger partial charge < -0.3 is 15.5 Å². The predicted molar refractivity (Wildman–Crippen MR) is 105 cm³/mol. The Labute approximate surface area is 160 Å². The van der Waals surface area contributed by atoms with Crippen LogP contribution >= 0.6 is 11.3 Å². The second-order valence-corrected chi connectivity index (χ2v) is 8.24. The van der Waals surface area contributed by atoms with Crippen LogP contribution < -0.4 is 5.32 Å². The largest absolute Gasteiger partial charge is 0.508 e. The molecule has 0 saturated carbocycles. The highest BCUT2D eigenvalue weighted by molar-refractivity contribution is 7.19. The molecule has 3 aromatic rings. The number of carbonyl (C=O) groups is 1. The number of nitrogens with one attached hydrogen (secondary N) is 1. The second kappa shape index (κ2) is 7.15. The molecule has 27 heavy (non-hydrogen) atoms. The van der Waals surface area contributed by atoms with Crippen molar-refractivity contribution in [2.75, 3.05) is 5.32 Å². The molecular weight excluding hydrogens is 362 g/mol. The Balaban J connectivity index is 1.66. The van der Waals surface area contributed by atoms with Crippen molar-refractivity contribution in [3.63, 3.8) is 0 Å². The third-order valence-electron chi connectivity index (χ3n) is 5.08. The van der Waals surface area contributed by atoms with Gasteiger partial charge in [0.15, 0.2) is 0 Å². The van der Waals surface area contributed by atoms with E-state index in [1.807, 2.05) is 0 Å². The molecule has 2 heterocycles. The number of nitrogens with zero attached hydrogens (tertiary/aromatic N) is 2. The average Bonchev–Trinajstić information content (AvgIpc) is 3.01. The van der Waals surface area contributed by atoms with Crippen LogP contribution in [0.25, 0.3) is 10.2 Å². The molecule has 2 unspecified atom stereocenters. The van der Waals surface area contributed by atoms with Crippen molar-refractivity contribution in [2.24, 2.45) is 5.92 Å². The number of benzene rings is 1. The number of aliphatic carboxylic acids is 1. The zero-order valence-corrected chi connectivity index (χ0v) is 15.8. The molecule has 3 N–H and O–H groups in total. The summed E-state index contributed by atoms with van der Waals surface area (Å²) in [5.41, 5.74) is 2.10. The first-order valence-electron chi connectivity index (χ1n) is 9.03. The number of carboxylic acids is 1. The molecule has 2 atom stereocenters. The summed E-state index contributed by atoms with van der Waals surface area (Å²) in [7, 11) is 0. The highest BCUT2D eigenvalue weighted by Crippen LogP contribution is 2.39. The Morgan fingerprint density at radius 1 is 1.33 bits per heavy atom. The van der Waals surface area contributed by atoms with Crippen LogP contribution in [-0.4, -0.2) is 32.2 Å². The number of hydrogen-bond donors (Lipinski definition) is 3. The summed E-state index contributed by atoms with van der Waals surface area (Å²) in [5, 5.41) is 23.2. The summed E-state index contributed by atoms with van der Waals surface area (Å²) < 4.78 is 0. The molecule has 7 heteroatoms. The lowest BCUT2D eigenvalue weighted by molar-refractivity contribution is -0.137. The number of hydrogen-bond acceptors (Lipinski definition) is 6. The van der Waals surface area contributed by atoms with E-state index in [2.05, 4.69) is 22.2 Å². The Kier molecular flexibility index (Phi) is 4.70. The third-order valence-corrected chi connectivity index (χ3v) is 6.24. The highest BCUT2D eigenvalue weighted by Gasteiger charge is 2.25. The number of aromatic nitrogens is 2. The quantitative estimate of drug-likeness (QED) is 0.623. The van der Waals surface area contributed by atoms with Crippen LogP contribution in [0.4, 0.5) is 5.82 Å². The monoisotopic (exact) mass is 383 g/mol. The number of thiophene rings is 1. The lowest BCUT2D eigenvalue weighted by Gasteiger charge is -2.19. The van der Waals surface area contributed by atoms with Crippen molar-refractivity contribution in [1.82, 2.24) is 9.97 Å². The predicted octanol–water partition coefficient (Wildman–Crippen LogP) is 3.63.